The Labute approximate surface area is 184 Å². The summed E-state index contributed by atoms with van der Waals surface area (Å²) in [5, 5.41) is 14.6. The lowest BCUT2D eigenvalue weighted by Crippen LogP contribution is -2.30. The Bertz CT molecular complexity index is 1170. The second kappa shape index (κ2) is 9.49. The van der Waals surface area contributed by atoms with Gasteiger partial charge in [0.15, 0.2) is 5.82 Å². The lowest BCUT2D eigenvalue weighted by molar-refractivity contribution is -0.113. The summed E-state index contributed by atoms with van der Waals surface area (Å²) in [5.74, 6) is 6.33. The number of hydrogen-bond acceptors (Lipinski definition) is 9. The summed E-state index contributed by atoms with van der Waals surface area (Å²) < 4.78 is 33.1. The first-order valence-corrected chi connectivity index (χ1v) is 11.9. The van der Waals surface area contributed by atoms with Crippen molar-refractivity contribution >= 4 is 33.6 Å². The van der Waals surface area contributed by atoms with E-state index >= 15 is 0 Å². The van der Waals surface area contributed by atoms with Crippen molar-refractivity contribution < 1.29 is 17.7 Å². The molecule has 1 amide bonds. The maximum absolute atomic E-state index is 12.8. The number of sulfonamides is 1. The van der Waals surface area contributed by atoms with Crippen molar-refractivity contribution in [3.63, 3.8) is 0 Å². The maximum Gasteiger partial charge on any atom is 0.243 e. The number of anilines is 1. The minimum atomic E-state index is -3.62. The van der Waals surface area contributed by atoms with Crippen molar-refractivity contribution in [3.8, 4) is 11.4 Å². The van der Waals surface area contributed by atoms with Crippen LogP contribution >= 0.6 is 11.8 Å². The van der Waals surface area contributed by atoms with Crippen LogP contribution in [-0.2, 0) is 14.8 Å². The van der Waals surface area contributed by atoms with E-state index in [0.717, 1.165) is 11.8 Å². The number of thioether (sulfide) groups is 1. The summed E-state index contributed by atoms with van der Waals surface area (Å²) in [4.78, 5) is 12.2. The van der Waals surface area contributed by atoms with E-state index in [0.29, 0.717) is 29.5 Å². The van der Waals surface area contributed by atoms with E-state index in [1.165, 1.54) is 21.1 Å². The molecule has 0 radical (unpaired) electrons. The van der Waals surface area contributed by atoms with Crippen molar-refractivity contribution in [2.75, 3.05) is 30.0 Å². The first-order chi connectivity index (χ1) is 14.8. The molecule has 0 saturated carbocycles. The molecule has 0 fully saturated rings. The van der Waals surface area contributed by atoms with Gasteiger partial charge in [0.25, 0.3) is 0 Å². The highest BCUT2D eigenvalue weighted by molar-refractivity contribution is 7.99. The zero-order chi connectivity index (χ0) is 22.6. The highest BCUT2D eigenvalue weighted by Gasteiger charge is 2.23. The molecule has 3 aromatic rings. The second-order valence-electron chi connectivity index (χ2n) is 6.46. The van der Waals surface area contributed by atoms with Crippen molar-refractivity contribution in [2.45, 2.75) is 30.8 Å². The molecule has 0 spiro atoms. The first-order valence-electron chi connectivity index (χ1n) is 9.43. The third kappa shape index (κ3) is 5.06. The summed E-state index contributed by atoms with van der Waals surface area (Å²) in [7, 11) is -3.62. The molecule has 11 nitrogen and oxygen atoms in total. The van der Waals surface area contributed by atoms with Gasteiger partial charge in [-0.3, -0.25) is 10.1 Å². The number of aryl methyl sites for hydroxylation is 1. The van der Waals surface area contributed by atoms with Crippen molar-refractivity contribution in [2.24, 2.45) is 0 Å². The van der Waals surface area contributed by atoms with Gasteiger partial charge in [-0.05, 0) is 19.1 Å². The molecule has 0 unspecified atom stereocenters. The summed E-state index contributed by atoms with van der Waals surface area (Å²) >= 11 is 1.08. The summed E-state index contributed by atoms with van der Waals surface area (Å²) in [6.07, 6.45) is 0. The normalized spacial score (nSPS) is 11.7. The lowest BCUT2D eigenvalue weighted by Gasteiger charge is -2.18. The number of nitrogens with zero attached hydrogens (tertiary/aromatic N) is 5. The van der Waals surface area contributed by atoms with Crippen LogP contribution in [0, 0.1) is 6.92 Å². The average molecular weight is 466 g/mol. The molecule has 2 heterocycles. The van der Waals surface area contributed by atoms with Crippen LogP contribution in [0.25, 0.3) is 11.4 Å². The molecule has 0 atom stereocenters. The molecule has 31 heavy (non-hydrogen) atoms. The molecule has 0 aliphatic carbocycles. The van der Waals surface area contributed by atoms with E-state index in [1.807, 2.05) is 0 Å². The topological polar surface area (TPSA) is 149 Å². The summed E-state index contributed by atoms with van der Waals surface area (Å²) in [6.45, 7) is 6.04. The van der Waals surface area contributed by atoms with Crippen LogP contribution in [0.2, 0.25) is 0 Å². The van der Waals surface area contributed by atoms with E-state index < -0.39 is 10.0 Å². The Kier molecular flexibility index (Phi) is 6.97. The van der Waals surface area contributed by atoms with Gasteiger partial charge in [0, 0.05) is 24.7 Å². The number of hydrogen-bond donors (Lipinski definition) is 2. The highest BCUT2D eigenvalue weighted by atomic mass is 32.2. The van der Waals surface area contributed by atoms with E-state index in [-0.39, 0.29) is 28.3 Å². The number of carbonyl (C=O) groups excluding carboxylic acids is 1. The Morgan fingerprint density at radius 1 is 1.26 bits per heavy atom. The van der Waals surface area contributed by atoms with Gasteiger partial charge in [0.2, 0.25) is 27.0 Å². The molecule has 0 saturated heterocycles. The molecule has 0 bridgehead atoms. The standard InChI is InChI=1S/C18H23N7O4S2/c1-4-24(5-2)31(27,28)14-8-6-7-13(10-14)17-21-22-18(25(17)19)30-11-15(26)20-16-9-12(3)23-29-16/h6-10H,4-5,11,19H2,1-3H3,(H,20,26). The molecule has 0 aliphatic rings. The summed E-state index contributed by atoms with van der Waals surface area (Å²) in [5.41, 5.74) is 1.15. The minimum Gasteiger partial charge on any atom is -0.338 e. The molecule has 3 rings (SSSR count). The predicted octanol–water partition coefficient (Wildman–Crippen LogP) is 1.72. The van der Waals surface area contributed by atoms with Crippen LogP contribution in [0.15, 0.2) is 44.9 Å². The van der Waals surface area contributed by atoms with Gasteiger partial charge >= 0.3 is 0 Å². The molecule has 1 aromatic carbocycles. The van der Waals surface area contributed by atoms with E-state index in [9.17, 15) is 13.2 Å². The fourth-order valence-electron chi connectivity index (χ4n) is 2.81. The van der Waals surface area contributed by atoms with E-state index in [1.54, 1.807) is 39.0 Å². The van der Waals surface area contributed by atoms with Crippen LogP contribution in [0.4, 0.5) is 5.88 Å². The zero-order valence-electron chi connectivity index (χ0n) is 17.3. The van der Waals surface area contributed by atoms with Crippen LogP contribution < -0.4 is 11.2 Å². The van der Waals surface area contributed by atoms with Crippen molar-refractivity contribution in [1.82, 2.24) is 24.3 Å². The monoisotopic (exact) mass is 465 g/mol. The van der Waals surface area contributed by atoms with Gasteiger partial charge in [0.1, 0.15) is 0 Å². The molecule has 3 N–H and O–H groups in total. The van der Waals surface area contributed by atoms with Crippen molar-refractivity contribution in [1.29, 1.82) is 0 Å². The number of nitrogens with two attached hydrogens (primary N) is 1. The van der Waals surface area contributed by atoms with Gasteiger partial charge in [-0.25, -0.2) is 13.1 Å². The number of carbonyl (C=O) groups is 1. The minimum absolute atomic E-state index is 0.0193. The molecule has 13 heteroatoms. The van der Waals surface area contributed by atoms with Gasteiger partial charge in [-0.2, -0.15) is 4.31 Å². The molecular weight excluding hydrogens is 442 g/mol. The number of amides is 1. The van der Waals surface area contributed by atoms with Crippen LogP contribution in [0.3, 0.4) is 0 Å². The highest BCUT2D eigenvalue weighted by Crippen LogP contribution is 2.25. The van der Waals surface area contributed by atoms with Crippen LogP contribution in [0.1, 0.15) is 19.5 Å². The Hall–Kier alpha value is -2.90. The van der Waals surface area contributed by atoms with Gasteiger partial charge in [0.05, 0.1) is 16.3 Å². The third-order valence-corrected chi connectivity index (χ3v) is 7.31. The van der Waals surface area contributed by atoms with Gasteiger partial charge < -0.3 is 10.4 Å². The number of nitrogen functional groups attached to an aromatic ring is 1. The van der Waals surface area contributed by atoms with E-state index in [2.05, 4.69) is 20.7 Å². The quantitative estimate of drug-likeness (QED) is 0.356. The SMILES string of the molecule is CCN(CC)S(=O)(=O)c1cccc(-c2nnc(SCC(=O)Nc3cc(C)no3)n2N)c1. The number of aromatic nitrogens is 4. The number of benzene rings is 1. The average Bonchev–Trinajstić information content (AvgIpc) is 3.32. The third-order valence-electron chi connectivity index (χ3n) is 4.32. The van der Waals surface area contributed by atoms with Crippen molar-refractivity contribution in [3.05, 3.63) is 36.0 Å². The number of nitrogens with one attached hydrogen (secondary N) is 1. The maximum atomic E-state index is 12.8. The molecular formula is C18H23N7O4S2. The Balaban J connectivity index is 1.75. The Morgan fingerprint density at radius 3 is 2.65 bits per heavy atom. The first kappa shape index (κ1) is 22.8. The second-order valence-corrected chi connectivity index (χ2v) is 9.34. The van der Waals surface area contributed by atoms with Gasteiger partial charge in [-0.15, -0.1) is 10.2 Å². The molecule has 0 aliphatic heterocycles. The molecule has 2 aromatic heterocycles. The zero-order valence-corrected chi connectivity index (χ0v) is 18.9. The smallest absolute Gasteiger partial charge is 0.243 e. The lowest BCUT2D eigenvalue weighted by atomic mass is 10.2. The van der Waals surface area contributed by atoms with Crippen LogP contribution in [0.5, 0.6) is 0 Å². The Morgan fingerprint density at radius 2 is 2.00 bits per heavy atom. The van der Waals surface area contributed by atoms with Gasteiger partial charge in [-0.1, -0.05) is 42.9 Å². The fraction of sp³-hybridized carbons (Fsp3) is 0.333. The summed E-state index contributed by atoms with van der Waals surface area (Å²) in [6, 6.07) is 7.96. The largest absolute Gasteiger partial charge is 0.338 e. The molecule has 166 valence electrons. The fourth-order valence-corrected chi connectivity index (χ4v) is 4.97. The van der Waals surface area contributed by atoms with Crippen LogP contribution in [-0.4, -0.2) is 57.5 Å². The number of rotatable bonds is 9. The van der Waals surface area contributed by atoms with E-state index in [4.69, 9.17) is 10.4 Å². The predicted molar refractivity (Wildman–Crippen MR) is 116 cm³/mol.